The highest BCUT2D eigenvalue weighted by molar-refractivity contribution is 5.78. The van der Waals surface area contributed by atoms with Crippen LogP contribution >= 0.6 is 0 Å². The number of rotatable bonds is 4. The van der Waals surface area contributed by atoms with Crippen LogP contribution < -0.4 is 5.73 Å². The summed E-state index contributed by atoms with van der Waals surface area (Å²) in [7, 11) is 0. The van der Waals surface area contributed by atoms with Crippen molar-refractivity contribution in [1.82, 2.24) is 4.90 Å². The fourth-order valence-electron chi connectivity index (χ4n) is 3.03. The van der Waals surface area contributed by atoms with Gasteiger partial charge in [0.1, 0.15) is 0 Å². The number of guanidine groups is 1. The first kappa shape index (κ1) is 14.6. The highest BCUT2D eigenvalue weighted by Gasteiger charge is 2.34. The van der Waals surface area contributed by atoms with Crippen molar-refractivity contribution < 1.29 is 9.84 Å². The molecule has 110 valence electrons. The molecule has 0 aromatic heterocycles. The number of hydrogen-bond donors (Lipinski definition) is 2. The zero-order chi connectivity index (χ0) is 13.7. The molecule has 0 amide bonds. The van der Waals surface area contributed by atoms with Crippen LogP contribution in [0.3, 0.4) is 0 Å². The summed E-state index contributed by atoms with van der Waals surface area (Å²) in [5, 5.41) is 9.19. The molecule has 2 aliphatic heterocycles. The standard InChI is InChI=1S/C14H27N3O2/c1-12-3-2-6-17(9-12)13(15)16-10-14(4-7-18)5-8-19-11-14/h12,18H,2-11H2,1H3,(H2,15,16). The molecule has 0 bridgehead atoms. The molecule has 2 aliphatic rings. The van der Waals surface area contributed by atoms with Gasteiger partial charge in [-0.05, 0) is 31.6 Å². The Bertz CT molecular complexity index is 314. The van der Waals surface area contributed by atoms with Crippen LogP contribution in [0.1, 0.15) is 32.6 Å². The fraction of sp³-hybridized carbons (Fsp3) is 0.929. The molecule has 0 spiro atoms. The van der Waals surface area contributed by atoms with Gasteiger partial charge >= 0.3 is 0 Å². The number of ether oxygens (including phenoxy) is 1. The van der Waals surface area contributed by atoms with Crippen LogP contribution in [0.5, 0.6) is 0 Å². The van der Waals surface area contributed by atoms with Crippen molar-refractivity contribution in [3.63, 3.8) is 0 Å². The third kappa shape index (κ3) is 3.83. The van der Waals surface area contributed by atoms with Gasteiger partial charge in [0.25, 0.3) is 0 Å². The summed E-state index contributed by atoms with van der Waals surface area (Å²) < 4.78 is 5.47. The Labute approximate surface area is 115 Å². The van der Waals surface area contributed by atoms with Gasteiger partial charge in [-0.1, -0.05) is 6.92 Å². The maximum Gasteiger partial charge on any atom is 0.191 e. The van der Waals surface area contributed by atoms with E-state index >= 15 is 0 Å². The molecule has 0 aromatic carbocycles. The molecule has 3 N–H and O–H groups in total. The molecular weight excluding hydrogens is 242 g/mol. The molecule has 2 unspecified atom stereocenters. The van der Waals surface area contributed by atoms with E-state index in [1.807, 2.05) is 0 Å². The summed E-state index contributed by atoms with van der Waals surface area (Å²) in [6.45, 7) is 6.63. The van der Waals surface area contributed by atoms with Crippen LogP contribution in [0.15, 0.2) is 4.99 Å². The summed E-state index contributed by atoms with van der Waals surface area (Å²) in [6, 6.07) is 0. The Kier molecular flexibility index (Phi) is 5.05. The number of aliphatic hydroxyl groups excluding tert-OH is 1. The molecule has 2 atom stereocenters. The summed E-state index contributed by atoms with van der Waals surface area (Å²) in [5.74, 6) is 1.36. The minimum atomic E-state index is 0.000767. The topological polar surface area (TPSA) is 71.1 Å². The largest absolute Gasteiger partial charge is 0.396 e. The zero-order valence-electron chi connectivity index (χ0n) is 12.0. The first-order chi connectivity index (χ1) is 9.15. The van der Waals surface area contributed by atoms with Gasteiger partial charge < -0.3 is 20.5 Å². The molecule has 0 radical (unpaired) electrons. The van der Waals surface area contributed by atoms with Gasteiger partial charge in [-0.25, -0.2) is 0 Å². The number of nitrogens with two attached hydrogens (primary N) is 1. The first-order valence-electron chi connectivity index (χ1n) is 7.39. The predicted octanol–water partition coefficient (Wildman–Crippen LogP) is 0.822. The molecule has 0 saturated carbocycles. The lowest BCUT2D eigenvalue weighted by molar-refractivity contribution is 0.130. The molecule has 5 nitrogen and oxygen atoms in total. The number of hydrogen-bond acceptors (Lipinski definition) is 3. The SMILES string of the molecule is CC1CCCN(C(N)=NCC2(CCO)CCOC2)C1. The van der Waals surface area contributed by atoms with Crippen molar-refractivity contribution in [1.29, 1.82) is 0 Å². The molecule has 5 heteroatoms. The van der Waals surface area contributed by atoms with E-state index in [9.17, 15) is 5.11 Å². The van der Waals surface area contributed by atoms with Gasteiger partial charge in [-0.2, -0.15) is 0 Å². The lowest BCUT2D eigenvalue weighted by atomic mass is 9.84. The van der Waals surface area contributed by atoms with Crippen molar-refractivity contribution in [2.24, 2.45) is 22.1 Å². The smallest absolute Gasteiger partial charge is 0.191 e. The third-order valence-corrected chi connectivity index (χ3v) is 4.38. The quantitative estimate of drug-likeness (QED) is 0.585. The van der Waals surface area contributed by atoms with Crippen molar-refractivity contribution >= 4 is 5.96 Å². The molecular formula is C14H27N3O2. The zero-order valence-corrected chi connectivity index (χ0v) is 12.0. The first-order valence-corrected chi connectivity index (χ1v) is 7.39. The van der Waals surface area contributed by atoms with Gasteiger partial charge in [0.15, 0.2) is 5.96 Å². The average Bonchev–Trinajstić information content (AvgIpc) is 2.85. The molecule has 2 fully saturated rings. The second kappa shape index (κ2) is 6.57. The second-order valence-electron chi connectivity index (χ2n) is 6.14. The number of likely N-dealkylation sites (tertiary alicyclic amines) is 1. The van der Waals surface area contributed by atoms with Gasteiger partial charge in [-0.3, -0.25) is 4.99 Å². The summed E-state index contributed by atoms with van der Waals surface area (Å²) in [6.07, 6.45) is 4.20. The highest BCUT2D eigenvalue weighted by atomic mass is 16.5. The summed E-state index contributed by atoms with van der Waals surface area (Å²) >= 11 is 0. The normalized spacial score (nSPS) is 32.8. The minimum Gasteiger partial charge on any atom is -0.396 e. The van der Waals surface area contributed by atoms with Gasteiger partial charge in [-0.15, -0.1) is 0 Å². The van der Waals surface area contributed by atoms with Crippen molar-refractivity contribution in [2.75, 3.05) is 39.5 Å². The van der Waals surface area contributed by atoms with E-state index in [4.69, 9.17) is 10.5 Å². The average molecular weight is 269 g/mol. The predicted molar refractivity (Wildman–Crippen MR) is 76.0 cm³/mol. The molecule has 19 heavy (non-hydrogen) atoms. The summed E-state index contributed by atoms with van der Waals surface area (Å²) in [4.78, 5) is 6.78. The lowest BCUT2D eigenvalue weighted by Gasteiger charge is -2.32. The van der Waals surface area contributed by atoms with E-state index in [1.165, 1.54) is 12.8 Å². The number of nitrogens with zero attached hydrogens (tertiary/aromatic N) is 2. The number of piperidine rings is 1. The van der Waals surface area contributed by atoms with E-state index in [0.29, 0.717) is 25.0 Å². The Hall–Kier alpha value is -0.810. The van der Waals surface area contributed by atoms with Gasteiger partial charge in [0.05, 0.1) is 13.2 Å². The molecule has 0 aliphatic carbocycles. The maximum atomic E-state index is 9.19. The molecule has 2 rings (SSSR count). The van der Waals surface area contributed by atoms with Crippen LogP contribution in [0, 0.1) is 11.3 Å². The summed E-state index contributed by atoms with van der Waals surface area (Å²) in [5.41, 5.74) is 6.12. The molecule has 2 heterocycles. The number of aliphatic imine (C=N–C) groups is 1. The third-order valence-electron chi connectivity index (χ3n) is 4.38. The highest BCUT2D eigenvalue weighted by Crippen LogP contribution is 2.32. The molecule has 0 aromatic rings. The van der Waals surface area contributed by atoms with Crippen molar-refractivity contribution in [2.45, 2.75) is 32.6 Å². The van der Waals surface area contributed by atoms with Crippen molar-refractivity contribution in [3.8, 4) is 0 Å². The van der Waals surface area contributed by atoms with E-state index in [2.05, 4.69) is 16.8 Å². The van der Waals surface area contributed by atoms with Gasteiger partial charge in [0.2, 0.25) is 0 Å². The van der Waals surface area contributed by atoms with Crippen LogP contribution in [0.2, 0.25) is 0 Å². The maximum absolute atomic E-state index is 9.19. The van der Waals surface area contributed by atoms with Crippen LogP contribution in [-0.4, -0.2) is 55.4 Å². The number of aliphatic hydroxyl groups is 1. The lowest BCUT2D eigenvalue weighted by Crippen LogP contribution is -2.44. The van der Waals surface area contributed by atoms with E-state index in [0.717, 1.165) is 32.5 Å². The monoisotopic (exact) mass is 269 g/mol. The van der Waals surface area contributed by atoms with Crippen LogP contribution in [-0.2, 0) is 4.74 Å². The van der Waals surface area contributed by atoms with Crippen LogP contribution in [0.4, 0.5) is 0 Å². The van der Waals surface area contributed by atoms with E-state index < -0.39 is 0 Å². The Morgan fingerprint density at radius 1 is 1.58 bits per heavy atom. The second-order valence-corrected chi connectivity index (χ2v) is 6.14. The molecule has 2 saturated heterocycles. The minimum absolute atomic E-state index is 0.000767. The van der Waals surface area contributed by atoms with E-state index in [-0.39, 0.29) is 12.0 Å². The van der Waals surface area contributed by atoms with Gasteiger partial charge in [0, 0.05) is 31.7 Å². The Morgan fingerprint density at radius 3 is 3.05 bits per heavy atom. The van der Waals surface area contributed by atoms with Crippen LogP contribution in [0.25, 0.3) is 0 Å². The fourth-order valence-corrected chi connectivity index (χ4v) is 3.03. The van der Waals surface area contributed by atoms with Crippen molar-refractivity contribution in [3.05, 3.63) is 0 Å². The Balaban J connectivity index is 1.92. The van der Waals surface area contributed by atoms with E-state index in [1.54, 1.807) is 0 Å². The Morgan fingerprint density at radius 2 is 2.42 bits per heavy atom.